The predicted octanol–water partition coefficient (Wildman–Crippen LogP) is 4.98. The minimum Gasteiger partial charge on any atom is -0.444 e. The van der Waals surface area contributed by atoms with Gasteiger partial charge in [0.2, 0.25) is 11.7 Å². The minimum absolute atomic E-state index is 0.0463. The second kappa shape index (κ2) is 10.1. The van der Waals surface area contributed by atoms with Crippen molar-refractivity contribution >= 4 is 12.0 Å². The highest BCUT2D eigenvalue weighted by Crippen LogP contribution is 2.34. The molecule has 0 bridgehead atoms. The number of pyridine rings is 1. The lowest BCUT2D eigenvalue weighted by Gasteiger charge is -2.30. The van der Waals surface area contributed by atoms with E-state index in [9.17, 15) is 35.9 Å². The number of likely N-dealkylation sites (tertiary alicyclic amines) is 1. The van der Waals surface area contributed by atoms with Crippen LogP contribution in [-0.2, 0) is 28.4 Å². The summed E-state index contributed by atoms with van der Waals surface area (Å²) in [7, 11) is 0. The van der Waals surface area contributed by atoms with Gasteiger partial charge in [0.05, 0.1) is 11.3 Å². The molecule has 1 aliphatic heterocycles. The van der Waals surface area contributed by atoms with Crippen LogP contribution < -0.4 is 5.32 Å². The number of halogens is 6. The van der Waals surface area contributed by atoms with Crippen LogP contribution in [0.3, 0.4) is 0 Å². The number of aromatic nitrogens is 3. The normalized spacial score (nSPS) is 18.6. The summed E-state index contributed by atoms with van der Waals surface area (Å²) in [4.78, 5) is 36.9. The number of alkyl halides is 6. The molecule has 2 aromatic heterocycles. The lowest BCUT2D eigenvalue weighted by atomic mass is 10.1. The largest absolute Gasteiger partial charge is 0.451 e. The molecule has 2 atom stereocenters. The quantitative estimate of drug-likeness (QED) is 0.557. The van der Waals surface area contributed by atoms with Gasteiger partial charge in [0.15, 0.2) is 0 Å². The van der Waals surface area contributed by atoms with Crippen LogP contribution in [0, 0.1) is 0 Å². The molecule has 0 aliphatic carbocycles. The zero-order chi connectivity index (χ0) is 27.8. The van der Waals surface area contributed by atoms with Gasteiger partial charge in [-0.25, -0.2) is 14.8 Å². The van der Waals surface area contributed by atoms with Crippen molar-refractivity contribution < 1.29 is 40.7 Å². The molecule has 2 unspecified atom stereocenters. The van der Waals surface area contributed by atoms with Crippen molar-refractivity contribution in [3.05, 3.63) is 41.6 Å². The Labute approximate surface area is 208 Å². The summed E-state index contributed by atoms with van der Waals surface area (Å²) >= 11 is 0. The van der Waals surface area contributed by atoms with Crippen LogP contribution in [0.15, 0.2) is 24.7 Å². The van der Waals surface area contributed by atoms with Gasteiger partial charge in [0.25, 0.3) is 0 Å². The molecule has 8 nitrogen and oxygen atoms in total. The van der Waals surface area contributed by atoms with Crippen molar-refractivity contribution in [1.82, 2.24) is 25.2 Å². The number of carbonyl (C=O) groups excluding carboxylic acids is 2. The topological polar surface area (TPSA) is 97.3 Å². The SMILES string of the molecule is CC1CCC(C(=O)NCc2cc(-c3cnc(C(F)(F)F)nc3)ncc2C(F)(F)F)N1C(=O)OC(C)(C)C. The third-order valence-electron chi connectivity index (χ3n) is 5.52. The van der Waals surface area contributed by atoms with Crippen LogP contribution in [0.25, 0.3) is 11.3 Å². The number of amides is 2. The Morgan fingerprint density at radius 2 is 1.62 bits per heavy atom. The summed E-state index contributed by atoms with van der Waals surface area (Å²) in [6, 6.07) is -0.259. The number of hydrogen-bond donors (Lipinski definition) is 1. The number of hydrogen-bond acceptors (Lipinski definition) is 6. The molecule has 1 fully saturated rings. The average molecular weight is 533 g/mol. The smallest absolute Gasteiger partial charge is 0.444 e. The Morgan fingerprint density at radius 3 is 2.16 bits per heavy atom. The van der Waals surface area contributed by atoms with E-state index in [0.29, 0.717) is 19.0 Å². The molecule has 3 heterocycles. The van der Waals surface area contributed by atoms with Gasteiger partial charge in [-0.05, 0) is 52.2 Å². The maximum Gasteiger partial charge on any atom is 0.451 e. The van der Waals surface area contributed by atoms with E-state index in [1.807, 2.05) is 0 Å². The van der Waals surface area contributed by atoms with Crippen molar-refractivity contribution in [3.8, 4) is 11.3 Å². The Bertz CT molecular complexity index is 1150. The number of nitrogens with zero attached hydrogens (tertiary/aromatic N) is 4. The third-order valence-corrected chi connectivity index (χ3v) is 5.52. The van der Waals surface area contributed by atoms with Crippen molar-refractivity contribution in [3.63, 3.8) is 0 Å². The van der Waals surface area contributed by atoms with Gasteiger partial charge in [0.1, 0.15) is 11.6 Å². The summed E-state index contributed by atoms with van der Waals surface area (Å²) in [5.74, 6) is -2.07. The number of ether oxygens (including phenoxy) is 1. The van der Waals surface area contributed by atoms with Crippen LogP contribution in [0.4, 0.5) is 31.1 Å². The van der Waals surface area contributed by atoms with E-state index in [0.717, 1.165) is 18.5 Å². The summed E-state index contributed by atoms with van der Waals surface area (Å²) < 4.78 is 84.3. The zero-order valence-electron chi connectivity index (χ0n) is 20.4. The minimum atomic E-state index is -4.81. The molecule has 0 spiro atoms. The van der Waals surface area contributed by atoms with E-state index in [2.05, 4.69) is 20.3 Å². The fourth-order valence-electron chi connectivity index (χ4n) is 3.83. The Balaban J connectivity index is 1.83. The first kappa shape index (κ1) is 28.1. The van der Waals surface area contributed by atoms with E-state index >= 15 is 0 Å². The first-order valence-corrected chi connectivity index (χ1v) is 11.2. The summed E-state index contributed by atoms with van der Waals surface area (Å²) in [6.45, 7) is 6.17. The summed E-state index contributed by atoms with van der Waals surface area (Å²) in [6.07, 6.45) is -7.39. The van der Waals surface area contributed by atoms with Gasteiger partial charge in [-0.2, -0.15) is 26.3 Å². The van der Waals surface area contributed by atoms with Crippen molar-refractivity contribution in [2.45, 2.75) is 77.1 Å². The van der Waals surface area contributed by atoms with E-state index < -0.39 is 53.9 Å². The fourth-order valence-corrected chi connectivity index (χ4v) is 3.83. The molecule has 0 aromatic carbocycles. The Morgan fingerprint density at radius 1 is 1.00 bits per heavy atom. The lowest BCUT2D eigenvalue weighted by molar-refractivity contribution is -0.145. The van der Waals surface area contributed by atoms with Gasteiger partial charge < -0.3 is 10.1 Å². The van der Waals surface area contributed by atoms with E-state index in [1.54, 1.807) is 27.7 Å². The number of rotatable bonds is 4. The van der Waals surface area contributed by atoms with Crippen LogP contribution in [0.1, 0.15) is 57.5 Å². The number of nitrogens with one attached hydrogen (secondary N) is 1. The van der Waals surface area contributed by atoms with Gasteiger partial charge in [0, 0.05) is 36.7 Å². The first-order valence-electron chi connectivity index (χ1n) is 11.2. The monoisotopic (exact) mass is 533 g/mol. The van der Waals surface area contributed by atoms with Crippen molar-refractivity contribution in [1.29, 1.82) is 0 Å². The zero-order valence-corrected chi connectivity index (χ0v) is 20.4. The molecule has 0 radical (unpaired) electrons. The Hall–Kier alpha value is -3.45. The maximum atomic E-state index is 13.6. The standard InChI is InChI=1S/C23H25F6N5O3/c1-12-5-6-17(34(12)20(36)37-21(2,3)4)18(35)31-8-13-7-16(30-11-15(13)22(24,25)26)14-9-32-19(33-10-14)23(27,28)29/h7,9-12,17H,5-6,8H2,1-4H3,(H,31,35). The second-order valence-corrected chi connectivity index (χ2v) is 9.57. The molecule has 1 aliphatic rings. The highest BCUT2D eigenvalue weighted by molar-refractivity contribution is 5.86. The predicted molar refractivity (Wildman–Crippen MR) is 118 cm³/mol. The third kappa shape index (κ3) is 6.86. The van der Waals surface area contributed by atoms with Crippen LogP contribution in [0.2, 0.25) is 0 Å². The molecule has 0 saturated carbocycles. The second-order valence-electron chi connectivity index (χ2n) is 9.57. The van der Waals surface area contributed by atoms with Gasteiger partial charge in [-0.1, -0.05) is 0 Å². The van der Waals surface area contributed by atoms with Crippen molar-refractivity contribution in [2.75, 3.05) is 0 Å². The van der Waals surface area contributed by atoms with Gasteiger partial charge in [-0.3, -0.25) is 14.7 Å². The Kier molecular flexibility index (Phi) is 7.70. The molecule has 1 saturated heterocycles. The van der Waals surface area contributed by atoms with Gasteiger partial charge in [-0.15, -0.1) is 0 Å². The van der Waals surface area contributed by atoms with Crippen LogP contribution >= 0.6 is 0 Å². The van der Waals surface area contributed by atoms with Crippen LogP contribution in [-0.4, -0.2) is 49.5 Å². The lowest BCUT2D eigenvalue weighted by Crippen LogP contribution is -2.49. The molecule has 2 amide bonds. The van der Waals surface area contributed by atoms with Crippen LogP contribution in [0.5, 0.6) is 0 Å². The molecular formula is C23H25F6N5O3. The molecule has 37 heavy (non-hydrogen) atoms. The highest BCUT2D eigenvalue weighted by Gasteiger charge is 2.41. The van der Waals surface area contributed by atoms with E-state index in [1.165, 1.54) is 4.90 Å². The summed E-state index contributed by atoms with van der Waals surface area (Å²) in [5, 5.41) is 2.43. The summed E-state index contributed by atoms with van der Waals surface area (Å²) in [5.41, 5.74) is -2.48. The molecule has 14 heteroatoms. The molecule has 202 valence electrons. The fraction of sp³-hybridized carbons (Fsp3) is 0.522. The van der Waals surface area contributed by atoms with Gasteiger partial charge >= 0.3 is 18.4 Å². The van der Waals surface area contributed by atoms with Crippen molar-refractivity contribution in [2.24, 2.45) is 0 Å². The highest BCUT2D eigenvalue weighted by atomic mass is 19.4. The molecule has 1 N–H and O–H groups in total. The van der Waals surface area contributed by atoms with E-state index in [-0.39, 0.29) is 22.9 Å². The molecular weight excluding hydrogens is 508 g/mol. The number of carbonyl (C=O) groups is 2. The first-order chi connectivity index (χ1) is 17.0. The molecule has 3 rings (SSSR count). The average Bonchev–Trinajstić information content (AvgIpc) is 3.16. The maximum absolute atomic E-state index is 13.6. The molecule has 2 aromatic rings. The van der Waals surface area contributed by atoms with E-state index in [4.69, 9.17) is 4.74 Å².